The SMILES string of the molecule is COC(=O)CC(=O)C1CC1c1cn(C)nn1. The Kier molecular flexibility index (Phi) is 2.72. The van der Waals surface area contributed by atoms with Gasteiger partial charge < -0.3 is 4.74 Å². The molecule has 1 aliphatic rings. The standard InChI is InChI=1S/C10H13N3O3/c1-13-5-8(11-12-13)6-3-7(6)9(14)4-10(15)16-2/h5-7H,3-4H2,1-2H3. The minimum absolute atomic E-state index is 0.0671. The van der Waals surface area contributed by atoms with E-state index in [4.69, 9.17) is 0 Å². The van der Waals surface area contributed by atoms with Crippen LogP contribution in [0.5, 0.6) is 0 Å². The van der Waals surface area contributed by atoms with Crippen molar-refractivity contribution < 1.29 is 14.3 Å². The first-order chi connectivity index (χ1) is 7.61. The lowest BCUT2D eigenvalue weighted by molar-refractivity contribution is -0.143. The first-order valence-electron chi connectivity index (χ1n) is 5.07. The Morgan fingerprint density at radius 3 is 2.94 bits per heavy atom. The van der Waals surface area contributed by atoms with E-state index < -0.39 is 5.97 Å². The van der Waals surface area contributed by atoms with Crippen molar-refractivity contribution in [3.63, 3.8) is 0 Å². The van der Waals surface area contributed by atoms with E-state index in [9.17, 15) is 9.59 Å². The molecule has 0 N–H and O–H groups in total. The Morgan fingerprint density at radius 2 is 2.38 bits per heavy atom. The summed E-state index contributed by atoms with van der Waals surface area (Å²) in [6, 6.07) is 0. The van der Waals surface area contributed by atoms with E-state index in [1.807, 2.05) is 0 Å². The second-order valence-electron chi connectivity index (χ2n) is 3.98. The molecular weight excluding hydrogens is 210 g/mol. The van der Waals surface area contributed by atoms with Crippen LogP contribution >= 0.6 is 0 Å². The third-order valence-electron chi connectivity index (χ3n) is 2.75. The predicted molar refractivity (Wildman–Crippen MR) is 53.5 cm³/mol. The highest BCUT2D eigenvalue weighted by Crippen LogP contribution is 2.47. The highest BCUT2D eigenvalue weighted by atomic mass is 16.5. The maximum Gasteiger partial charge on any atom is 0.313 e. The molecule has 1 saturated carbocycles. The molecule has 6 heteroatoms. The average Bonchev–Trinajstić information content (AvgIpc) is 2.95. The zero-order valence-electron chi connectivity index (χ0n) is 9.21. The van der Waals surface area contributed by atoms with Crippen molar-refractivity contribution in [3.8, 4) is 0 Å². The van der Waals surface area contributed by atoms with Crippen LogP contribution in [0.3, 0.4) is 0 Å². The van der Waals surface area contributed by atoms with Crippen molar-refractivity contribution in [1.29, 1.82) is 0 Å². The normalized spacial score (nSPS) is 22.9. The number of methoxy groups -OCH3 is 1. The molecule has 1 aliphatic carbocycles. The summed E-state index contributed by atoms with van der Waals surface area (Å²) in [5.41, 5.74) is 0.825. The van der Waals surface area contributed by atoms with E-state index in [1.54, 1.807) is 17.9 Å². The van der Waals surface area contributed by atoms with Crippen LogP contribution in [0, 0.1) is 5.92 Å². The molecular formula is C10H13N3O3. The molecule has 0 saturated heterocycles. The maximum atomic E-state index is 11.6. The molecule has 0 amide bonds. The van der Waals surface area contributed by atoms with E-state index in [0.717, 1.165) is 12.1 Å². The summed E-state index contributed by atoms with van der Waals surface area (Å²) in [7, 11) is 3.06. The Bertz CT molecular complexity index is 427. The lowest BCUT2D eigenvalue weighted by Crippen LogP contribution is -2.11. The zero-order chi connectivity index (χ0) is 11.7. The molecule has 16 heavy (non-hydrogen) atoms. The van der Waals surface area contributed by atoms with E-state index in [1.165, 1.54) is 7.11 Å². The van der Waals surface area contributed by atoms with Gasteiger partial charge in [0, 0.05) is 25.1 Å². The van der Waals surface area contributed by atoms with Gasteiger partial charge in [0.25, 0.3) is 0 Å². The lowest BCUT2D eigenvalue weighted by atomic mass is 10.1. The van der Waals surface area contributed by atoms with E-state index >= 15 is 0 Å². The number of ether oxygens (including phenoxy) is 1. The van der Waals surface area contributed by atoms with Crippen LogP contribution in [-0.2, 0) is 21.4 Å². The van der Waals surface area contributed by atoms with Crippen LogP contribution < -0.4 is 0 Å². The van der Waals surface area contributed by atoms with Gasteiger partial charge in [0.2, 0.25) is 0 Å². The van der Waals surface area contributed by atoms with Gasteiger partial charge in [-0.2, -0.15) is 0 Å². The Labute approximate surface area is 92.6 Å². The van der Waals surface area contributed by atoms with E-state index in [2.05, 4.69) is 15.0 Å². The second-order valence-corrected chi connectivity index (χ2v) is 3.98. The molecule has 2 atom stereocenters. The third-order valence-corrected chi connectivity index (χ3v) is 2.75. The Balaban J connectivity index is 1.91. The molecule has 1 fully saturated rings. The number of aromatic nitrogens is 3. The molecule has 0 bridgehead atoms. The topological polar surface area (TPSA) is 74.1 Å². The molecule has 1 aromatic rings. The van der Waals surface area contributed by atoms with E-state index in [0.29, 0.717) is 0 Å². The number of carbonyl (C=O) groups excluding carboxylic acids is 2. The van der Waals surface area contributed by atoms with Crippen LogP contribution in [0.1, 0.15) is 24.5 Å². The maximum absolute atomic E-state index is 11.6. The number of ketones is 1. The van der Waals surface area contributed by atoms with Crippen molar-refractivity contribution in [2.75, 3.05) is 7.11 Å². The number of nitrogens with zero attached hydrogens (tertiary/aromatic N) is 3. The average molecular weight is 223 g/mol. The first kappa shape index (κ1) is 10.8. The number of hydrogen-bond acceptors (Lipinski definition) is 5. The fraction of sp³-hybridized carbons (Fsp3) is 0.600. The van der Waals surface area contributed by atoms with Gasteiger partial charge in [0.05, 0.1) is 12.8 Å². The summed E-state index contributed by atoms with van der Waals surface area (Å²) in [4.78, 5) is 22.5. The summed E-state index contributed by atoms with van der Waals surface area (Å²) in [5, 5.41) is 7.77. The highest BCUT2D eigenvalue weighted by Gasteiger charge is 2.45. The molecule has 86 valence electrons. The first-order valence-corrected chi connectivity index (χ1v) is 5.07. The van der Waals surface area contributed by atoms with Crippen LogP contribution in [0.15, 0.2) is 6.20 Å². The predicted octanol–water partition coefficient (Wildman–Crippen LogP) is 0.0508. The van der Waals surface area contributed by atoms with Crippen molar-refractivity contribution in [1.82, 2.24) is 15.0 Å². The number of Topliss-reactive ketones (excluding diaryl/α,β-unsaturated/α-hetero) is 1. The number of esters is 1. The Morgan fingerprint density at radius 1 is 1.62 bits per heavy atom. The second kappa shape index (κ2) is 4.03. The van der Waals surface area contributed by atoms with Gasteiger partial charge in [0.15, 0.2) is 0 Å². The van der Waals surface area contributed by atoms with Crippen LogP contribution in [0.2, 0.25) is 0 Å². The van der Waals surface area contributed by atoms with Gasteiger partial charge in [-0.25, -0.2) is 0 Å². The monoisotopic (exact) mass is 223 g/mol. The molecule has 1 heterocycles. The van der Waals surface area contributed by atoms with Gasteiger partial charge in [-0.15, -0.1) is 5.10 Å². The van der Waals surface area contributed by atoms with Crippen LogP contribution in [0.4, 0.5) is 0 Å². The minimum atomic E-state index is -0.477. The third kappa shape index (κ3) is 2.10. The Hall–Kier alpha value is -1.72. The number of carbonyl (C=O) groups is 2. The fourth-order valence-electron chi connectivity index (χ4n) is 1.76. The molecule has 0 aromatic carbocycles. The van der Waals surface area contributed by atoms with Crippen molar-refractivity contribution in [2.24, 2.45) is 13.0 Å². The smallest absolute Gasteiger partial charge is 0.313 e. The summed E-state index contributed by atoms with van der Waals surface area (Å²) < 4.78 is 6.06. The largest absolute Gasteiger partial charge is 0.469 e. The van der Waals surface area contributed by atoms with Gasteiger partial charge in [-0.05, 0) is 6.42 Å². The molecule has 2 unspecified atom stereocenters. The molecule has 6 nitrogen and oxygen atoms in total. The van der Waals surface area contributed by atoms with Crippen molar-refractivity contribution in [3.05, 3.63) is 11.9 Å². The minimum Gasteiger partial charge on any atom is -0.469 e. The van der Waals surface area contributed by atoms with Crippen molar-refractivity contribution in [2.45, 2.75) is 18.8 Å². The summed E-state index contributed by atoms with van der Waals surface area (Å²) >= 11 is 0. The fourth-order valence-corrected chi connectivity index (χ4v) is 1.76. The summed E-state index contributed by atoms with van der Waals surface area (Å²) in [6.45, 7) is 0. The van der Waals surface area contributed by atoms with Crippen molar-refractivity contribution >= 4 is 11.8 Å². The molecule has 0 radical (unpaired) electrons. The summed E-state index contributed by atoms with van der Waals surface area (Å²) in [5.74, 6) is -0.501. The number of aryl methyl sites for hydroxylation is 1. The van der Waals surface area contributed by atoms with E-state index in [-0.39, 0.29) is 24.0 Å². The number of rotatable bonds is 4. The van der Waals surface area contributed by atoms with Gasteiger partial charge in [-0.3, -0.25) is 14.3 Å². The zero-order valence-corrected chi connectivity index (χ0v) is 9.21. The lowest BCUT2D eigenvalue weighted by Gasteiger charge is -1.97. The highest BCUT2D eigenvalue weighted by molar-refractivity contribution is 5.98. The molecule has 0 aliphatic heterocycles. The van der Waals surface area contributed by atoms with Gasteiger partial charge in [0.1, 0.15) is 12.2 Å². The van der Waals surface area contributed by atoms with Gasteiger partial charge >= 0.3 is 5.97 Å². The number of hydrogen-bond donors (Lipinski definition) is 0. The molecule has 0 spiro atoms. The summed E-state index contributed by atoms with van der Waals surface area (Å²) in [6.07, 6.45) is 2.42. The van der Waals surface area contributed by atoms with Crippen LogP contribution in [0.25, 0.3) is 0 Å². The molecule has 2 rings (SSSR count). The molecule has 1 aromatic heterocycles. The van der Waals surface area contributed by atoms with Crippen LogP contribution in [-0.4, -0.2) is 33.9 Å². The quantitative estimate of drug-likeness (QED) is 0.532. The van der Waals surface area contributed by atoms with Gasteiger partial charge in [-0.1, -0.05) is 5.21 Å².